The lowest BCUT2D eigenvalue weighted by atomic mass is 9.95. The van der Waals surface area contributed by atoms with Gasteiger partial charge in [-0.25, -0.2) is 0 Å². The summed E-state index contributed by atoms with van der Waals surface area (Å²) in [6.45, 7) is 6.85. The minimum absolute atomic E-state index is 0.497. The second-order valence-corrected chi connectivity index (χ2v) is 6.76. The van der Waals surface area contributed by atoms with Crippen LogP contribution in [0.2, 0.25) is 0 Å². The highest BCUT2D eigenvalue weighted by Gasteiger charge is 2.28. The summed E-state index contributed by atoms with van der Waals surface area (Å²) in [6, 6.07) is 4.83. The maximum Gasteiger partial charge on any atom is 0.177 e. The van der Waals surface area contributed by atoms with Crippen LogP contribution in [0.3, 0.4) is 0 Å². The van der Waals surface area contributed by atoms with Gasteiger partial charge in [-0.3, -0.25) is 0 Å². The Morgan fingerprint density at radius 1 is 1.00 bits per heavy atom. The standard InChI is InChI=1S/C16H23N5/c1-11(2)20-9-7-13(8-10-20)16-18-17-15-6-5-14(12-3-4-12)19-21(15)16/h5-6,11-13H,3-4,7-10H2,1-2H3. The van der Waals surface area contributed by atoms with Crippen molar-refractivity contribution in [2.45, 2.75) is 57.4 Å². The number of fused-ring (bicyclic) bond motifs is 1. The SMILES string of the molecule is CC(C)N1CCC(c2nnc3ccc(C4CC4)nn23)CC1. The van der Waals surface area contributed by atoms with E-state index >= 15 is 0 Å². The molecule has 0 N–H and O–H groups in total. The first-order valence-corrected chi connectivity index (χ1v) is 8.18. The molecule has 5 nitrogen and oxygen atoms in total. The van der Waals surface area contributed by atoms with E-state index in [-0.39, 0.29) is 0 Å². The van der Waals surface area contributed by atoms with Crippen LogP contribution in [0.1, 0.15) is 62.9 Å². The summed E-state index contributed by atoms with van der Waals surface area (Å²) in [5.74, 6) is 2.24. The quantitative estimate of drug-likeness (QED) is 0.869. The Balaban J connectivity index is 1.60. The molecule has 0 amide bonds. The summed E-state index contributed by atoms with van der Waals surface area (Å²) in [5.41, 5.74) is 2.10. The molecular weight excluding hydrogens is 262 g/mol. The Hall–Kier alpha value is -1.49. The molecule has 1 aliphatic heterocycles. The summed E-state index contributed by atoms with van der Waals surface area (Å²) in [4.78, 5) is 2.54. The molecular formula is C16H23N5. The maximum atomic E-state index is 4.80. The molecule has 0 aromatic carbocycles. The van der Waals surface area contributed by atoms with Crippen molar-refractivity contribution in [2.24, 2.45) is 0 Å². The third-order valence-electron chi connectivity index (χ3n) is 4.93. The fourth-order valence-corrected chi connectivity index (χ4v) is 3.35. The highest BCUT2D eigenvalue weighted by atomic mass is 15.4. The average Bonchev–Trinajstić information content (AvgIpc) is 3.27. The van der Waals surface area contributed by atoms with Gasteiger partial charge in [0.15, 0.2) is 11.5 Å². The van der Waals surface area contributed by atoms with Crippen molar-refractivity contribution in [3.05, 3.63) is 23.7 Å². The normalized spacial score (nSPS) is 21.5. The molecule has 0 radical (unpaired) electrons. The van der Waals surface area contributed by atoms with Gasteiger partial charge in [0, 0.05) is 17.9 Å². The molecule has 1 aliphatic carbocycles. The van der Waals surface area contributed by atoms with Crippen LogP contribution in [0.4, 0.5) is 0 Å². The molecule has 2 fully saturated rings. The smallest absolute Gasteiger partial charge is 0.177 e. The van der Waals surface area contributed by atoms with Crippen molar-refractivity contribution >= 4 is 5.65 Å². The Bertz CT molecular complexity index is 635. The zero-order valence-electron chi connectivity index (χ0n) is 12.9. The van der Waals surface area contributed by atoms with E-state index in [1.54, 1.807) is 0 Å². The number of nitrogens with zero attached hydrogens (tertiary/aromatic N) is 5. The van der Waals surface area contributed by atoms with Gasteiger partial charge < -0.3 is 4.90 Å². The molecule has 2 aromatic rings. The van der Waals surface area contributed by atoms with Gasteiger partial charge in [-0.1, -0.05) is 0 Å². The summed E-state index contributed by atoms with van der Waals surface area (Å²) in [5, 5.41) is 13.6. The van der Waals surface area contributed by atoms with Crippen LogP contribution >= 0.6 is 0 Å². The van der Waals surface area contributed by atoms with Crippen molar-refractivity contribution in [1.82, 2.24) is 24.7 Å². The van der Waals surface area contributed by atoms with Gasteiger partial charge in [-0.2, -0.15) is 9.61 Å². The van der Waals surface area contributed by atoms with Crippen LogP contribution in [-0.2, 0) is 0 Å². The molecule has 4 rings (SSSR count). The van der Waals surface area contributed by atoms with Crippen LogP contribution in [0.25, 0.3) is 5.65 Å². The molecule has 0 atom stereocenters. The van der Waals surface area contributed by atoms with Gasteiger partial charge in [0.05, 0.1) is 5.69 Å². The first kappa shape index (κ1) is 13.2. The van der Waals surface area contributed by atoms with Gasteiger partial charge >= 0.3 is 0 Å². The Labute approximate surface area is 125 Å². The number of likely N-dealkylation sites (tertiary alicyclic amines) is 1. The summed E-state index contributed by atoms with van der Waals surface area (Å²) in [7, 11) is 0. The fraction of sp³-hybridized carbons (Fsp3) is 0.688. The van der Waals surface area contributed by atoms with Crippen molar-refractivity contribution in [1.29, 1.82) is 0 Å². The molecule has 1 saturated carbocycles. The van der Waals surface area contributed by atoms with Crippen molar-refractivity contribution in [3.63, 3.8) is 0 Å². The van der Waals surface area contributed by atoms with Crippen molar-refractivity contribution < 1.29 is 0 Å². The Kier molecular flexibility index (Phi) is 3.17. The van der Waals surface area contributed by atoms with E-state index in [1.807, 2.05) is 4.52 Å². The zero-order chi connectivity index (χ0) is 14.4. The molecule has 1 saturated heterocycles. The summed E-state index contributed by atoms with van der Waals surface area (Å²) >= 11 is 0. The molecule has 3 heterocycles. The Morgan fingerprint density at radius 3 is 2.43 bits per heavy atom. The number of rotatable bonds is 3. The van der Waals surface area contributed by atoms with E-state index in [0.29, 0.717) is 17.9 Å². The first-order chi connectivity index (χ1) is 10.2. The molecule has 112 valence electrons. The predicted molar refractivity (Wildman–Crippen MR) is 81.4 cm³/mol. The van der Waals surface area contributed by atoms with E-state index in [9.17, 15) is 0 Å². The Morgan fingerprint density at radius 2 is 1.76 bits per heavy atom. The molecule has 0 unspecified atom stereocenters. The van der Waals surface area contributed by atoms with Gasteiger partial charge in [0.25, 0.3) is 0 Å². The molecule has 0 bridgehead atoms. The third kappa shape index (κ3) is 2.44. The minimum atomic E-state index is 0.497. The van der Waals surface area contributed by atoms with E-state index in [0.717, 1.165) is 37.4 Å². The molecule has 0 spiro atoms. The molecule has 2 aliphatic rings. The van der Waals surface area contributed by atoms with E-state index in [1.165, 1.54) is 18.5 Å². The molecule has 2 aromatic heterocycles. The van der Waals surface area contributed by atoms with E-state index in [4.69, 9.17) is 5.10 Å². The summed E-state index contributed by atoms with van der Waals surface area (Å²) < 4.78 is 2.00. The van der Waals surface area contributed by atoms with Gasteiger partial charge in [-0.05, 0) is 64.8 Å². The lowest BCUT2D eigenvalue weighted by Crippen LogP contribution is -2.38. The topological polar surface area (TPSA) is 46.3 Å². The second-order valence-electron chi connectivity index (χ2n) is 6.76. The third-order valence-corrected chi connectivity index (χ3v) is 4.93. The summed E-state index contributed by atoms with van der Waals surface area (Å²) in [6.07, 6.45) is 4.88. The van der Waals surface area contributed by atoms with E-state index < -0.39 is 0 Å². The fourth-order valence-electron chi connectivity index (χ4n) is 3.35. The van der Waals surface area contributed by atoms with Crippen LogP contribution in [-0.4, -0.2) is 43.8 Å². The minimum Gasteiger partial charge on any atom is -0.301 e. The van der Waals surface area contributed by atoms with Gasteiger partial charge in [-0.15, -0.1) is 10.2 Å². The molecule has 5 heteroatoms. The largest absolute Gasteiger partial charge is 0.301 e. The van der Waals surface area contributed by atoms with Crippen LogP contribution in [0.15, 0.2) is 12.1 Å². The van der Waals surface area contributed by atoms with Gasteiger partial charge in [0.1, 0.15) is 0 Å². The van der Waals surface area contributed by atoms with Crippen LogP contribution < -0.4 is 0 Å². The average molecular weight is 285 g/mol. The van der Waals surface area contributed by atoms with E-state index in [2.05, 4.69) is 41.1 Å². The highest BCUT2D eigenvalue weighted by Crippen LogP contribution is 2.39. The zero-order valence-corrected chi connectivity index (χ0v) is 12.9. The van der Waals surface area contributed by atoms with Gasteiger partial charge in [0.2, 0.25) is 0 Å². The number of aromatic nitrogens is 4. The van der Waals surface area contributed by atoms with Crippen molar-refractivity contribution in [2.75, 3.05) is 13.1 Å². The highest BCUT2D eigenvalue weighted by molar-refractivity contribution is 5.38. The number of piperidine rings is 1. The monoisotopic (exact) mass is 285 g/mol. The van der Waals surface area contributed by atoms with Crippen LogP contribution in [0, 0.1) is 0 Å². The second kappa shape index (κ2) is 5.05. The lowest BCUT2D eigenvalue weighted by Gasteiger charge is -2.33. The first-order valence-electron chi connectivity index (χ1n) is 8.18. The van der Waals surface area contributed by atoms with Crippen LogP contribution in [0.5, 0.6) is 0 Å². The number of hydrogen-bond donors (Lipinski definition) is 0. The lowest BCUT2D eigenvalue weighted by molar-refractivity contribution is 0.169. The van der Waals surface area contributed by atoms with Crippen molar-refractivity contribution in [3.8, 4) is 0 Å². The maximum absolute atomic E-state index is 4.80. The molecule has 21 heavy (non-hydrogen) atoms. The predicted octanol–water partition coefficient (Wildman–Crippen LogP) is 2.59. The number of hydrogen-bond acceptors (Lipinski definition) is 4.